The third-order valence-corrected chi connectivity index (χ3v) is 5.20. The molecule has 35 heavy (non-hydrogen) atoms. The molecule has 2 atom stereocenters. The van der Waals surface area contributed by atoms with Gasteiger partial charge in [-0.1, -0.05) is 48.0 Å². The second-order valence-corrected chi connectivity index (χ2v) is 7.99. The smallest absolute Gasteiger partial charge is 0.332 e. The highest BCUT2D eigenvalue weighted by molar-refractivity contribution is 6.35. The van der Waals surface area contributed by atoms with E-state index in [1.54, 1.807) is 18.2 Å². The minimum atomic E-state index is -1.76. The Hall–Kier alpha value is -4.15. The molecule has 0 spiro atoms. The number of benzene rings is 2. The first-order valence-corrected chi connectivity index (χ1v) is 10.8. The van der Waals surface area contributed by atoms with E-state index >= 15 is 0 Å². The molecule has 11 heteroatoms. The second kappa shape index (κ2) is 11.8. The van der Waals surface area contributed by atoms with E-state index in [-0.39, 0.29) is 18.6 Å². The van der Waals surface area contributed by atoms with Crippen LogP contribution in [0.15, 0.2) is 71.3 Å². The molecule has 3 amide bonds. The molecule has 0 saturated carbocycles. The predicted octanol–water partition coefficient (Wildman–Crippen LogP) is 1.92. The first kappa shape index (κ1) is 25.5. The van der Waals surface area contributed by atoms with Gasteiger partial charge in [0.2, 0.25) is 0 Å². The molecule has 1 aromatic heterocycles. The molecule has 182 valence electrons. The monoisotopic (exact) mass is 499 g/mol. The number of aliphatic hydroxyl groups is 1. The van der Waals surface area contributed by atoms with Crippen LogP contribution in [-0.2, 0) is 20.8 Å². The highest BCUT2D eigenvalue weighted by Crippen LogP contribution is 2.23. The van der Waals surface area contributed by atoms with Crippen molar-refractivity contribution in [2.45, 2.75) is 25.0 Å². The zero-order valence-electron chi connectivity index (χ0n) is 18.2. The van der Waals surface area contributed by atoms with Gasteiger partial charge in [-0.25, -0.2) is 4.79 Å². The summed E-state index contributed by atoms with van der Waals surface area (Å²) in [7, 11) is 0. The van der Waals surface area contributed by atoms with Gasteiger partial charge in [-0.05, 0) is 47.4 Å². The Kier molecular flexibility index (Phi) is 8.60. The summed E-state index contributed by atoms with van der Waals surface area (Å²) < 4.78 is 4.87. The van der Waals surface area contributed by atoms with Gasteiger partial charge in [0.15, 0.2) is 11.9 Å². The van der Waals surface area contributed by atoms with Crippen molar-refractivity contribution >= 4 is 35.3 Å². The Morgan fingerprint density at radius 3 is 2.29 bits per heavy atom. The fourth-order valence-electron chi connectivity index (χ4n) is 3.24. The van der Waals surface area contributed by atoms with Gasteiger partial charge in [0, 0.05) is 17.5 Å². The Balaban J connectivity index is 1.64. The Bertz CT molecular complexity index is 1200. The van der Waals surface area contributed by atoms with Crippen molar-refractivity contribution in [1.82, 2.24) is 16.2 Å². The SMILES string of the molecule is O=C(NNC(=O)c1ccco1)C(=O)N[C@H](Cc1ccc(-c2cccc(Cl)c2)cc1)C[C@@H](O)C(=O)O. The summed E-state index contributed by atoms with van der Waals surface area (Å²) in [4.78, 5) is 47.3. The van der Waals surface area contributed by atoms with Crippen LogP contribution < -0.4 is 16.2 Å². The Morgan fingerprint density at radius 1 is 0.914 bits per heavy atom. The van der Waals surface area contributed by atoms with E-state index in [0.29, 0.717) is 5.02 Å². The zero-order chi connectivity index (χ0) is 25.4. The molecule has 0 unspecified atom stereocenters. The minimum Gasteiger partial charge on any atom is -0.479 e. The maximum Gasteiger partial charge on any atom is 0.332 e. The lowest BCUT2D eigenvalue weighted by Crippen LogP contribution is -2.51. The van der Waals surface area contributed by atoms with E-state index in [2.05, 4.69) is 5.32 Å². The van der Waals surface area contributed by atoms with E-state index in [4.69, 9.17) is 21.1 Å². The molecule has 0 aliphatic heterocycles. The summed E-state index contributed by atoms with van der Waals surface area (Å²) in [6.45, 7) is 0. The van der Waals surface area contributed by atoms with Gasteiger partial charge in [-0.15, -0.1) is 0 Å². The lowest BCUT2D eigenvalue weighted by Gasteiger charge is -2.20. The topological polar surface area (TPSA) is 158 Å². The van der Waals surface area contributed by atoms with E-state index in [1.165, 1.54) is 18.4 Å². The van der Waals surface area contributed by atoms with Crippen LogP contribution in [0.4, 0.5) is 0 Å². The Labute approximate surface area is 204 Å². The van der Waals surface area contributed by atoms with Crippen LogP contribution in [0.5, 0.6) is 0 Å². The fraction of sp³-hybridized carbons (Fsp3) is 0.167. The average molecular weight is 500 g/mol. The average Bonchev–Trinajstić information content (AvgIpc) is 3.38. The third kappa shape index (κ3) is 7.42. The number of furan rings is 1. The summed E-state index contributed by atoms with van der Waals surface area (Å²) in [5.74, 6) is -4.61. The van der Waals surface area contributed by atoms with Crippen LogP contribution in [0.1, 0.15) is 22.5 Å². The number of aliphatic carboxylic acids is 1. The van der Waals surface area contributed by atoms with Crippen LogP contribution in [-0.4, -0.2) is 46.0 Å². The van der Waals surface area contributed by atoms with Crippen molar-refractivity contribution < 1.29 is 33.8 Å². The van der Waals surface area contributed by atoms with Crippen LogP contribution in [0, 0.1) is 0 Å². The van der Waals surface area contributed by atoms with E-state index in [0.717, 1.165) is 16.7 Å². The maximum atomic E-state index is 12.3. The number of carbonyl (C=O) groups is 4. The maximum absolute atomic E-state index is 12.3. The molecule has 0 bridgehead atoms. The van der Waals surface area contributed by atoms with Crippen molar-refractivity contribution in [2.75, 3.05) is 0 Å². The van der Waals surface area contributed by atoms with Crippen molar-refractivity contribution in [3.05, 3.63) is 83.3 Å². The number of hydrogen-bond acceptors (Lipinski definition) is 6. The van der Waals surface area contributed by atoms with Gasteiger partial charge in [-0.2, -0.15) is 0 Å². The molecule has 3 aromatic rings. The third-order valence-electron chi connectivity index (χ3n) is 4.96. The predicted molar refractivity (Wildman–Crippen MR) is 125 cm³/mol. The largest absolute Gasteiger partial charge is 0.479 e. The number of hydrazine groups is 1. The molecular formula is C24H22ClN3O7. The summed E-state index contributed by atoms with van der Waals surface area (Å²) in [5, 5.41) is 21.8. The first-order valence-electron chi connectivity index (χ1n) is 10.4. The van der Waals surface area contributed by atoms with Crippen LogP contribution in [0.3, 0.4) is 0 Å². The molecule has 3 rings (SSSR count). The minimum absolute atomic E-state index is 0.0746. The van der Waals surface area contributed by atoms with Crippen LogP contribution in [0.25, 0.3) is 11.1 Å². The number of amides is 3. The van der Waals surface area contributed by atoms with Crippen molar-refractivity contribution in [2.24, 2.45) is 0 Å². The number of hydrogen-bond donors (Lipinski definition) is 5. The Morgan fingerprint density at radius 2 is 1.66 bits per heavy atom. The second-order valence-electron chi connectivity index (χ2n) is 7.56. The molecule has 0 saturated heterocycles. The van der Waals surface area contributed by atoms with Gasteiger partial charge in [0.25, 0.3) is 0 Å². The summed E-state index contributed by atoms with van der Waals surface area (Å²) in [6.07, 6.45) is -0.697. The molecule has 0 aliphatic rings. The number of carboxylic acid groups (broad SMARTS) is 1. The lowest BCUT2D eigenvalue weighted by atomic mass is 9.98. The highest BCUT2D eigenvalue weighted by Gasteiger charge is 2.25. The lowest BCUT2D eigenvalue weighted by molar-refractivity contribution is -0.147. The standard InChI is InChI=1S/C24H22ClN3O7/c25-17-4-1-3-16(12-17)15-8-6-14(7-9-15)11-18(13-19(29)24(33)34)26-22(31)23(32)28-27-21(30)20-5-2-10-35-20/h1-10,12,18-19,29H,11,13H2,(H,26,31)(H,27,30)(H,28,32)(H,33,34)/t18-,19-/m1/s1. The normalized spacial score (nSPS) is 12.3. The summed E-state index contributed by atoms with van der Waals surface area (Å²) >= 11 is 6.04. The van der Waals surface area contributed by atoms with Crippen molar-refractivity contribution in [3.63, 3.8) is 0 Å². The summed E-state index contributed by atoms with van der Waals surface area (Å²) in [5.41, 5.74) is 6.50. The first-order chi connectivity index (χ1) is 16.7. The van der Waals surface area contributed by atoms with Crippen LogP contribution >= 0.6 is 11.6 Å². The molecule has 0 aliphatic carbocycles. The van der Waals surface area contributed by atoms with Gasteiger partial charge < -0.3 is 19.9 Å². The highest BCUT2D eigenvalue weighted by atomic mass is 35.5. The number of aliphatic hydroxyl groups excluding tert-OH is 1. The van der Waals surface area contributed by atoms with Gasteiger partial charge in [-0.3, -0.25) is 25.2 Å². The van der Waals surface area contributed by atoms with E-state index in [9.17, 15) is 24.3 Å². The molecule has 5 N–H and O–H groups in total. The van der Waals surface area contributed by atoms with Crippen molar-refractivity contribution in [3.8, 4) is 11.1 Å². The van der Waals surface area contributed by atoms with Gasteiger partial charge in [0.05, 0.1) is 6.26 Å². The number of carboxylic acids is 1. The fourth-order valence-corrected chi connectivity index (χ4v) is 3.43. The van der Waals surface area contributed by atoms with Crippen LogP contribution in [0.2, 0.25) is 5.02 Å². The molecule has 1 heterocycles. The number of carbonyl (C=O) groups excluding carboxylic acids is 3. The van der Waals surface area contributed by atoms with E-state index in [1.807, 2.05) is 41.2 Å². The summed E-state index contributed by atoms with van der Waals surface area (Å²) in [6, 6.07) is 16.5. The molecule has 0 fully saturated rings. The van der Waals surface area contributed by atoms with Crippen molar-refractivity contribution in [1.29, 1.82) is 0 Å². The van der Waals surface area contributed by atoms with E-state index < -0.39 is 35.8 Å². The molecule has 2 aromatic carbocycles. The van der Waals surface area contributed by atoms with Gasteiger partial charge in [0.1, 0.15) is 0 Å². The number of rotatable bonds is 8. The number of nitrogens with one attached hydrogen (secondary N) is 3. The number of halogens is 1. The quantitative estimate of drug-likeness (QED) is 0.234. The molecular weight excluding hydrogens is 478 g/mol. The van der Waals surface area contributed by atoms with Gasteiger partial charge >= 0.3 is 23.7 Å². The zero-order valence-corrected chi connectivity index (χ0v) is 19.0. The molecule has 10 nitrogen and oxygen atoms in total. The molecule has 0 radical (unpaired) electrons.